The monoisotopic (exact) mass is 320 g/mol. The fourth-order valence-electron chi connectivity index (χ4n) is 3.29. The number of rotatable bonds is 5. The van der Waals surface area contributed by atoms with Crippen LogP contribution in [0.4, 0.5) is 5.82 Å². The van der Waals surface area contributed by atoms with Crippen molar-refractivity contribution in [3.05, 3.63) is 12.3 Å². The lowest BCUT2D eigenvalue weighted by Gasteiger charge is -2.18. The molecule has 7 nitrogen and oxygen atoms in total. The second kappa shape index (κ2) is 7.12. The number of nitrogens with one attached hydrogen (secondary N) is 1. The molecular weight excluding hydrogens is 296 g/mol. The zero-order chi connectivity index (χ0) is 16.2. The Bertz CT molecular complexity index is 565. The van der Waals surface area contributed by atoms with Crippen molar-refractivity contribution >= 4 is 17.6 Å². The van der Waals surface area contributed by atoms with Gasteiger partial charge in [0.25, 0.3) is 0 Å². The Labute approximate surface area is 136 Å². The molecule has 2 fully saturated rings. The van der Waals surface area contributed by atoms with Gasteiger partial charge in [-0.3, -0.25) is 14.3 Å². The van der Waals surface area contributed by atoms with Crippen molar-refractivity contribution in [1.29, 1.82) is 0 Å². The van der Waals surface area contributed by atoms with E-state index in [-0.39, 0.29) is 24.0 Å². The van der Waals surface area contributed by atoms with Gasteiger partial charge >= 0.3 is 0 Å². The number of hydrogen-bond donors (Lipinski definition) is 1. The first-order valence-corrected chi connectivity index (χ1v) is 8.34. The SMILES string of the molecule is CC(=O)Nc1ccn([C@@H]2CCN(C(=O)CC[C@H]3CCCO3)C2)n1. The van der Waals surface area contributed by atoms with Gasteiger partial charge in [-0.05, 0) is 25.7 Å². The predicted octanol–water partition coefficient (Wildman–Crippen LogP) is 1.57. The molecule has 2 amide bonds. The number of likely N-dealkylation sites (tertiary alicyclic amines) is 1. The minimum Gasteiger partial charge on any atom is -0.378 e. The highest BCUT2D eigenvalue weighted by Gasteiger charge is 2.28. The van der Waals surface area contributed by atoms with Gasteiger partial charge < -0.3 is 15.0 Å². The zero-order valence-electron chi connectivity index (χ0n) is 13.5. The average Bonchev–Trinajstić information content (AvgIpc) is 3.24. The lowest BCUT2D eigenvalue weighted by molar-refractivity contribution is -0.130. The smallest absolute Gasteiger partial charge is 0.222 e. The molecule has 0 aromatic carbocycles. The number of aromatic nitrogens is 2. The van der Waals surface area contributed by atoms with Crippen LogP contribution in [0.1, 0.15) is 45.1 Å². The van der Waals surface area contributed by atoms with Crippen LogP contribution in [0, 0.1) is 0 Å². The molecule has 7 heteroatoms. The third-order valence-electron chi connectivity index (χ3n) is 4.51. The maximum absolute atomic E-state index is 12.3. The highest BCUT2D eigenvalue weighted by molar-refractivity contribution is 5.87. The number of amides is 2. The first-order valence-electron chi connectivity index (χ1n) is 8.34. The number of hydrogen-bond acceptors (Lipinski definition) is 4. The standard InChI is InChI=1S/C16H24N4O3/c1-12(21)17-15-7-9-20(18-15)13-6-8-19(11-13)16(22)5-4-14-3-2-10-23-14/h7,9,13-14H,2-6,8,10-11H2,1H3,(H,17,18,21)/t13-,14-/m1/s1. The van der Waals surface area contributed by atoms with Crippen LogP contribution in [-0.2, 0) is 14.3 Å². The molecule has 3 heterocycles. The lowest BCUT2D eigenvalue weighted by Crippen LogP contribution is -2.29. The van der Waals surface area contributed by atoms with Gasteiger partial charge in [0.15, 0.2) is 5.82 Å². The minimum absolute atomic E-state index is 0.132. The average molecular weight is 320 g/mol. The lowest BCUT2D eigenvalue weighted by atomic mass is 10.1. The zero-order valence-corrected chi connectivity index (χ0v) is 13.5. The molecule has 1 aromatic rings. The van der Waals surface area contributed by atoms with Crippen molar-refractivity contribution in [2.45, 2.75) is 51.2 Å². The molecule has 3 rings (SSSR count). The van der Waals surface area contributed by atoms with Crippen molar-refractivity contribution in [3.63, 3.8) is 0 Å². The molecule has 1 N–H and O–H groups in total. The first kappa shape index (κ1) is 16.0. The van der Waals surface area contributed by atoms with Gasteiger partial charge in [0.2, 0.25) is 11.8 Å². The summed E-state index contributed by atoms with van der Waals surface area (Å²) in [5.41, 5.74) is 0. The highest BCUT2D eigenvalue weighted by atomic mass is 16.5. The van der Waals surface area contributed by atoms with Crippen LogP contribution < -0.4 is 5.32 Å². The van der Waals surface area contributed by atoms with Crippen molar-refractivity contribution in [2.75, 3.05) is 25.0 Å². The predicted molar refractivity (Wildman–Crippen MR) is 85.0 cm³/mol. The Kier molecular flexibility index (Phi) is 4.95. The number of carbonyl (C=O) groups excluding carboxylic acids is 2. The molecule has 2 aliphatic heterocycles. The highest BCUT2D eigenvalue weighted by Crippen LogP contribution is 2.24. The van der Waals surface area contributed by atoms with Gasteiger partial charge in [-0.25, -0.2) is 0 Å². The van der Waals surface area contributed by atoms with Gasteiger partial charge in [0.1, 0.15) is 0 Å². The Morgan fingerprint density at radius 2 is 2.30 bits per heavy atom. The molecule has 2 aliphatic rings. The molecule has 2 saturated heterocycles. The fraction of sp³-hybridized carbons (Fsp3) is 0.688. The molecule has 0 aliphatic carbocycles. The molecule has 2 atom stereocenters. The summed E-state index contributed by atoms with van der Waals surface area (Å²) in [5.74, 6) is 0.630. The third kappa shape index (κ3) is 4.10. The summed E-state index contributed by atoms with van der Waals surface area (Å²) < 4.78 is 7.42. The van der Waals surface area contributed by atoms with E-state index in [0.29, 0.717) is 18.8 Å². The summed E-state index contributed by atoms with van der Waals surface area (Å²) in [5, 5.41) is 7.03. The second-order valence-corrected chi connectivity index (χ2v) is 6.32. The van der Waals surface area contributed by atoms with Crippen molar-refractivity contribution < 1.29 is 14.3 Å². The quantitative estimate of drug-likeness (QED) is 0.893. The van der Waals surface area contributed by atoms with Crippen LogP contribution in [0.15, 0.2) is 12.3 Å². The van der Waals surface area contributed by atoms with Crippen molar-refractivity contribution in [3.8, 4) is 0 Å². The fourth-order valence-corrected chi connectivity index (χ4v) is 3.29. The summed E-state index contributed by atoms with van der Waals surface area (Å²) in [4.78, 5) is 25.3. The van der Waals surface area contributed by atoms with Crippen molar-refractivity contribution in [1.82, 2.24) is 14.7 Å². The summed E-state index contributed by atoms with van der Waals surface area (Å²) in [6, 6.07) is 1.97. The molecule has 126 valence electrons. The van der Waals surface area contributed by atoms with Crippen LogP contribution in [-0.4, -0.2) is 52.3 Å². The van der Waals surface area contributed by atoms with Crippen LogP contribution in [0.5, 0.6) is 0 Å². The number of carbonyl (C=O) groups is 2. The summed E-state index contributed by atoms with van der Waals surface area (Å²) in [6.45, 7) is 3.75. The van der Waals surface area contributed by atoms with E-state index in [4.69, 9.17) is 4.74 Å². The van der Waals surface area contributed by atoms with Crippen LogP contribution in [0.3, 0.4) is 0 Å². The molecule has 0 bridgehead atoms. The molecule has 0 radical (unpaired) electrons. The number of nitrogens with zero attached hydrogens (tertiary/aromatic N) is 3. The molecule has 23 heavy (non-hydrogen) atoms. The Balaban J connectivity index is 1.48. The van der Waals surface area contributed by atoms with E-state index in [1.54, 1.807) is 6.07 Å². The van der Waals surface area contributed by atoms with Gasteiger partial charge in [0.05, 0.1) is 12.1 Å². The Morgan fingerprint density at radius 1 is 1.43 bits per heavy atom. The Hall–Kier alpha value is -1.89. The normalized spacial score (nSPS) is 24.1. The van der Waals surface area contributed by atoms with E-state index >= 15 is 0 Å². The number of anilines is 1. The van der Waals surface area contributed by atoms with Crippen LogP contribution in [0.2, 0.25) is 0 Å². The van der Waals surface area contributed by atoms with E-state index in [1.807, 2.05) is 15.8 Å². The van der Waals surface area contributed by atoms with Gasteiger partial charge in [-0.2, -0.15) is 5.10 Å². The molecule has 0 unspecified atom stereocenters. The molecule has 1 aromatic heterocycles. The molecule has 0 spiro atoms. The van der Waals surface area contributed by atoms with Gasteiger partial charge in [-0.15, -0.1) is 0 Å². The summed E-state index contributed by atoms with van der Waals surface area (Å²) in [6.07, 6.45) is 6.60. The maximum atomic E-state index is 12.3. The van der Waals surface area contributed by atoms with E-state index in [0.717, 1.165) is 38.8 Å². The summed E-state index contributed by atoms with van der Waals surface area (Å²) >= 11 is 0. The molecule has 0 saturated carbocycles. The van der Waals surface area contributed by atoms with E-state index in [9.17, 15) is 9.59 Å². The number of ether oxygens (including phenoxy) is 1. The van der Waals surface area contributed by atoms with Gasteiger partial charge in [-0.1, -0.05) is 0 Å². The minimum atomic E-state index is -0.132. The van der Waals surface area contributed by atoms with Crippen LogP contribution >= 0.6 is 0 Å². The van der Waals surface area contributed by atoms with Gasteiger partial charge in [0, 0.05) is 45.3 Å². The largest absolute Gasteiger partial charge is 0.378 e. The van der Waals surface area contributed by atoms with Crippen molar-refractivity contribution in [2.24, 2.45) is 0 Å². The maximum Gasteiger partial charge on any atom is 0.222 e. The molecular formula is C16H24N4O3. The van der Waals surface area contributed by atoms with E-state index < -0.39 is 0 Å². The topological polar surface area (TPSA) is 76.5 Å². The van der Waals surface area contributed by atoms with E-state index in [2.05, 4.69) is 10.4 Å². The summed E-state index contributed by atoms with van der Waals surface area (Å²) in [7, 11) is 0. The Morgan fingerprint density at radius 3 is 3.04 bits per heavy atom. The first-order chi connectivity index (χ1) is 11.1. The van der Waals surface area contributed by atoms with Crippen LogP contribution in [0.25, 0.3) is 0 Å². The second-order valence-electron chi connectivity index (χ2n) is 6.32. The third-order valence-corrected chi connectivity index (χ3v) is 4.51. The van der Waals surface area contributed by atoms with E-state index in [1.165, 1.54) is 6.92 Å².